The number of rotatable bonds is 8. The molecule has 2 aromatic carbocycles. The summed E-state index contributed by atoms with van der Waals surface area (Å²) in [6, 6.07) is 11.6. The van der Waals surface area contributed by atoms with E-state index in [1.165, 1.54) is 19.9 Å². The van der Waals surface area contributed by atoms with Crippen molar-refractivity contribution in [1.29, 1.82) is 0 Å². The molecule has 0 saturated heterocycles. The zero-order valence-corrected chi connectivity index (χ0v) is 18.3. The standard InChI is InChI=1S/C26H24O6/c1-16(2)24(27)30-21-9-7-8-19(12-21)10-11-20-13-22(31-25(28)17(3)4)15-23(14-20)32-26(29)18(5)6/h7-15H,1,3,5H2,2,4,6H3/b11-10+. The smallest absolute Gasteiger partial charge is 0.338 e. The minimum atomic E-state index is -0.602. The van der Waals surface area contributed by atoms with E-state index in [2.05, 4.69) is 19.7 Å². The van der Waals surface area contributed by atoms with E-state index in [0.29, 0.717) is 16.9 Å². The lowest BCUT2D eigenvalue weighted by atomic mass is 10.1. The van der Waals surface area contributed by atoms with Crippen molar-refractivity contribution in [3.8, 4) is 17.2 Å². The monoisotopic (exact) mass is 432 g/mol. The van der Waals surface area contributed by atoms with E-state index in [1.807, 2.05) is 6.07 Å². The van der Waals surface area contributed by atoms with Gasteiger partial charge in [-0.2, -0.15) is 0 Å². The molecule has 0 saturated carbocycles. The molecule has 0 unspecified atom stereocenters. The Hall–Kier alpha value is -4.19. The maximum atomic E-state index is 11.9. The van der Waals surface area contributed by atoms with Gasteiger partial charge in [-0.05, 0) is 56.2 Å². The van der Waals surface area contributed by atoms with Crippen LogP contribution in [0.15, 0.2) is 78.9 Å². The molecule has 0 atom stereocenters. The topological polar surface area (TPSA) is 78.9 Å². The summed E-state index contributed by atoms with van der Waals surface area (Å²) in [5.74, 6) is -0.962. The molecular weight excluding hydrogens is 408 g/mol. The van der Waals surface area contributed by atoms with Gasteiger partial charge >= 0.3 is 17.9 Å². The van der Waals surface area contributed by atoms with Crippen LogP contribution in [0, 0.1) is 0 Å². The quantitative estimate of drug-likeness (QED) is 0.244. The van der Waals surface area contributed by atoms with Crippen molar-refractivity contribution in [2.24, 2.45) is 0 Å². The molecule has 0 aliphatic rings. The van der Waals surface area contributed by atoms with Crippen LogP contribution in [0.25, 0.3) is 12.2 Å². The lowest BCUT2D eigenvalue weighted by molar-refractivity contribution is -0.131. The summed E-state index contributed by atoms with van der Waals surface area (Å²) in [6.07, 6.45) is 3.50. The largest absolute Gasteiger partial charge is 0.423 e. The molecule has 0 heterocycles. The zero-order chi connectivity index (χ0) is 23.8. The maximum Gasteiger partial charge on any atom is 0.338 e. The highest BCUT2D eigenvalue weighted by Crippen LogP contribution is 2.26. The van der Waals surface area contributed by atoms with Gasteiger partial charge in [0.25, 0.3) is 0 Å². The molecule has 32 heavy (non-hydrogen) atoms. The van der Waals surface area contributed by atoms with Crippen molar-refractivity contribution in [2.45, 2.75) is 20.8 Å². The first-order chi connectivity index (χ1) is 15.0. The summed E-state index contributed by atoms with van der Waals surface area (Å²) in [5, 5.41) is 0. The van der Waals surface area contributed by atoms with E-state index in [1.54, 1.807) is 49.4 Å². The lowest BCUT2D eigenvalue weighted by Gasteiger charge is -2.09. The first kappa shape index (κ1) is 24.1. The molecule has 164 valence electrons. The number of esters is 3. The predicted molar refractivity (Wildman–Crippen MR) is 123 cm³/mol. The molecule has 0 fully saturated rings. The van der Waals surface area contributed by atoms with Crippen molar-refractivity contribution in [1.82, 2.24) is 0 Å². The van der Waals surface area contributed by atoms with Crippen molar-refractivity contribution in [3.05, 3.63) is 90.0 Å². The highest BCUT2D eigenvalue weighted by Gasteiger charge is 2.11. The predicted octanol–water partition coefficient (Wildman–Crippen LogP) is 5.30. The average molecular weight is 432 g/mol. The van der Waals surface area contributed by atoms with Gasteiger partial charge < -0.3 is 14.2 Å². The Balaban J connectivity index is 2.33. The summed E-state index contributed by atoms with van der Waals surface area (Å²) in [4.78, 5) is 35.5. The molecule has 0 bridgehead atoms. The third kappa shape index (κ3) is 7.25. The van der Waals surface area contributed by atoms with Gasteiger partial charge in [0, 0.05) is 22.8 Å². The zero-order valence-electron chi connectivity index (χ0n) is 18.3. The number of carbonyl (C=O) groups is 3. The fourth-order valence-corrected chi connectivity index (χ4v) is 2.26. The van der Waals surface area contributed by atoms with E-state index < -0.39 is 17.9 Å². The van der Waals surface area contributed by atoms with Gasteiger partial charge in [0.2, 0.25) is 0 Å². The number of carbonyl (C=O) groups excluding carboxylic acids is 3. The molecule has 2 aromatic rings. The van der Waals surface area contributed by atoms with Gasteiger partial charge in [0.1, 0.15) is 17.2 Å². The van der Waals surface area contributed by atoms with Crippen LogP contribution in [0.3, 0.4) is 0 Å². The normalized spacial score (nSPS) is 10.3. The van der Waals surface area contributed by atoms with Gasteiger partial charge in [-0.25, -0.2) is 14.4 Å². The lowest BCUT2D eigenvalue weighted by Crippen LogP contribution is -2.10. The Morgan fingerprint density at radius 3 is 1.50 bits per heavy atom. The Morgan fingerprint density at radius 1 is 0.625 bits per heavy atom. The van der Waals surface area contributed by atoms with Crippen LogP contribution in [-0.2, 0) is 14.4 Å². The molecule has 0 spiro atoms. The van der Waals surface area contributed by atoms with Crippen molar-refractivity contribution in [2.75, 3.05) is 0 Å². The molecule has 0 aliphatic heterocycles. The maximum absolute atomic E-state index is 11.9. The molecule has 0 amide bonds. The highest BCUT2D eigenvalue weighted by atomic mass is 16.5. The molecule has 0 aromatic heterocycles. The molecule has 6 heteroatoms. The molecule has 0 radical (unpaired) electrons. The fraction of sp³-hybridized carbons (Fsp3) is 0.115. The van der Waals surface area contributed by atoms with Gasteiger partial charge in [0.15, 0.2) is 0 Å². The first-order valence-corrected chi connectivity index (χ1v) is 9.61. The van der Waals surface area contributed by atoms with Crippen LogP contribution >= 0.6 is 0 Å². The second-order valence-corrected chi connectivity index (χ2v) is 7.15. The van der Waals surface area contributed by atoms with E-state index in [-0.39, 0.29) is 22.6 Å². The summed E-state index contributed by atoms with van der Waals surface area (Å²) in [7, 11) is 0. The molecule has 6 nitrogen and oxygen atoms in total. The number of ether oxygens (including phenoxy) is 3. The second kappa shape index (κ2) is 10.7. The van der Waals surface area contributed by atoms with Gasteiger partial charge in [-0.15, -0.1) is 0 Å². The molecule has 0 N–H and O–H groups in total. The fourth-order valence-electron chi connectivity index (χ4n) is 2.26. The molecule has 2 rings (SSSR count). The van der Waals surface area contributed by atoms with Crippen LogP contribution in [0.2, 0.25) is 0 Å². The van der Waals surface area contributed by atoms with Crippen molar-refractivity contribution >= 4 is 30.1 Å². The third-order valence-electron chi connectivity index (χ3n) is 3.91. The number of hydrogen-bond acceptors (Lipinski definition) is 6. The summed E-state index contributed by atoms with van der Waals surface area (Å²) >= 11 is 0. The van der Waals surface area contributed by atoms with E-state index in [9.17, 15) is 14.4 Å². The Labute approximate surface area is 187 Å². The van der Waals surface area contributed by atoms with Crippen molar-refractivity contribution < 1.29 is 28.6 Å². The highest BCUT2D eigenvalue weighted by molar-refractivity contribution is 5.90. The summed E-state index contributed by atoms with van der Waals surface area (Å²) in [5.41, 5.74) is 2.11. The van der Waals surface area contributed by atoms with Crippen LogP contribution < -0.4 is 14.2 Å². The SMILES string of the molecule is C=C(C)C(=O)Oc1cccc(/C=C/c2cc(OC(=O)C(=C)C)cc(OC(=O)C(=C)C)c2)c1. The Morgan fingerprint density at radius 2 is 1.03 bits per heavy atom. The Bertz CT molecular complexity index is 1090. The van der Waals surface area contributed by atoms with E-state index >= 15 is 0 Å². The van der Waals surface area contributed by atoms with E-state index in [0.717, 1.165) is 5.56 Å². The van der Waals surface area contributed by atoms with Crippen LogP contribution in [0.4, 0.5) is 0 Å². The minimum absolute atomic E-state index is 0.189. The number of hydrogen-bond donors (Lipinski definition) is 0. The summed E-state index contributed by atoms with van der Waals surface area (Å²) in [6.45, 7) is 15.3. The van der Waals surface area contributed by atoms with Gasteiger partial charge in [-0.3, -0.25) is 0 Å². The van der Waals surface area contributed by atoms with Crippen molar-refractivity contribution in [3.63, 3.8) is 0 Å². The van der Waals surface area contributed by atoms with Crippen LogP contribution in [0.5, 0.6) is 17.2 Å². The third-order valence-corrected chi connectivity index (χ3v) is 3.91. The van der Waals surface area contributed by atoms with E-state index in [4.69, 9.17) is 14.2 Å². The second-order valence-electron chi connectivity index (χ2n) is 7.15. The van der Waals surface area contributed by atoms with Gasteiger partial charge in [0.05, 0.1) is 0 Å². The first-order valence-electron chi connectivity index (χ1n) is 9.61. The number of benzene rings is 2. The van der Waals surface area contributed by atoms with Crippen LogP contribution in [0.1, 0.15) is 31.9 Å². The Kier molecular flexibility index (Phi) is 8.07. The van der Waals surface area contributed by atoms with Gasteiger partial charge in [-0.1, -0.05) is 44.0 Å². The molecular formula is C26H24O6. The minimum Gasteiger partial charge on any atom is -0.423 e. The average Bonchev–Trinajstić information content (AvgIpc) is 2.72. The van der Waals surface area contributed by atoms with Crippen LogP contribution in [-0.4, -0.2) is 17.9 Å². The molecule has 0 aliphatic carbocycles. The summed E-state index contributed by atoms with van der Waals surface area (Å²) < 4.78 is 15.8.